The summed E-state index contributed by atoms with van der Waals surface area (Å²) < 4.78 is 0. The molecule has 0 unspecified atom stereocenters. The highest BCUT2D eigenvalue weighted by Gasteiger charge is 1.98. The summed E-state index contributed by atoms with van der Waals surface area (Å²) in [4.78, 5) is 4.48. The van der Waals surface area contributed by atoms with Crippen molar-refractivity contribution >= 4 is 29.2 Å². The zero-order valence-corrected chi connectivity index (χ0v) is 11.8. The quantitative estimate of drug-likeness (QED) is 0.887. The molecule has 1 heterocycles. The van der Waals surface area contributed by atoms with Crippen molar-refractivity contribution in [2.45, 2.75) is 11.5 Å². The van der Waals surface area contributed by atoms with Gasteiger partial charge in [-0.05, 0) is 29.8 Å². The van der Waals surface area contributed by atoms with Crippen LogP contribution >= 0.6 is 23.4 Å². The monoisotopic (exact) mass is 278 g/mol. The normalized spacial score (nSPS) is 10.3. The predicted octanol–water partition coefficient (Wildman–Crippen LogP) is 4.21. The molecule has 0 saturated heterocycles. The molecule has 0 saturated carbocycles. The number of anilines is 1. The van der Waals surface area contributed by atoms with Gasteiger partial charge in [-0.1, -0.05) is 29.8 Å². The number of rotatable bonds is 5. The van der Waals surface area contributed by atoms with Gasteiger partial charge >= 0.3 is 0 Å². The van der Waals surface area contributed by atoms with Crippen LogP contribution < -0.4 is 5.32 Å². The second-order valence-corrected chi connectivity index (χ2v) is 5.31. The lowest BCUT2D eigenvalue weighted by Crippen LogP contribution is -1.95. The van der Waals surface area contributed by atoms with Crippen LogP contribution in [0.2, 0.25) is 5.02 Å². The van der Waals surface area contributed by atoms with E-state index in [1.165, 1.54) is 5.56 Å². The Labute approximate surface area is 117 Å². The molecule has 1 aromatic heterocycles. The van der Waals surface area contributed by atoms with E-state index < -0.39 is 0 Å². The number of hydrogen-bond donors (Lipinski definition) is 1. The molecule has 0 aliphatic heterocycles. The highest BCUT2D eigenvalue weighted by molar-refractivity contribution is 7.97. The molecule has 0 bridgehead atoms. The van der Waals surface area contributed by atoms with Crippen LogP contribution in [-0.4, -0.2) is 12.0 Å². The van der Waals surface area contributed by atoms with E-state index in [0.717, 1.165) is 28.0 Å². The number of halogens is 1. The molecule has 2 aromatic rings. The summed E-state index contributed by atoms with van der Waals surface area (Å²) in [5, 5.41) is 3.83. The van der Waals surface area contributed by atoms with Crippen LogP contribution in [-0.2, 0) is 11.5 Å². The van der Waals surface area contributed by atoms with Crippen LogP contribution in [0.3, 0.4) is 0 Å². The first kappa shape index (κ1) is 13.2. The second-order valence-electron chi connectivity index (χ2n) is 3.88. The summed E-state index contributed by atoms with van der Waals surface area (Å²) in [5.74, 6) is 2.81. The van der Waals surface area contributed by atoms with E-state index >= 15 is 0 Å². The molecule has 0 fully saturated rings. The van der Waals surface area contributed by atoms with Crippen LogP contribution in [0.15, 0.2) is 42.5 Å². The van der Waals surface area contributed by atoms with E-state index in [1.54, 1.807) is 0 Å². The second kappa shape index (κ2) is 6.66. The van der Waals surface area contributed by atoms with Crippen LogP contribution in [0.1, 0.15) is 11.3 Å². The fourth-order valence-corrected chi connectivity index (χ4v) is 2.58. The topological polar surface area (TPSA) is 24.9 Å². The molecule has 1 aromatic carbocycles. The summed E-state index contributed by atoms with van der Waals surface area (Å²) in [6, 6.07) is 14.0. The number of thioether (sulfide) groups is 1. The lowest BCUT2D eigenvalue weighted by Gasteiger charge is -2.04. The zero-order chi connectivity index (χ0) is 12.8. The average Bonchev–Trinajstić information content (AvgIpc) is 2.41. The highest BCUT2D eigenvalue weighted by atomic mass is 35.5. The fraction of sp³-hybridized carbons (Fsp3) is 0.214. The van der Waals surface area contributed by atoms with Gasteiger partial charge in [-0.25, -0.2) is 4.98 Å². The van der Waals surface area contributed by atoms with Crippen LogP contribution in [0.5, 0.6) is 0 Å². The maximum Gasteiger partial charge on any atom is 0.125 e. The summed E-state index contributed by atoms with van der Waals surface area (Å²) in [6.07, 6.45) is 0. The molecule has 0 radical (unpaired) electrons. The lowest BCUT2D eigenvalue weighted by molar-refractivity contribution is 1.16. The number of pyridine rings is 1. The third-order valence-corrected chi connectivity index (χ3v) is 3.78. The van der Waals surface area contributed by atoms with Crippen molar-refractivity contribution < 1.29 is 0 Å². The van der Waals surface area contributed by atoms with Gasteiger partial charge in [-0.3, -0.25) is 0 Å². The van der Waals surface area contributed by atoms with Crippen molar-refractivity contribution in [2.24, 2.45) is 0 Å². The molecule has 18 heavy (non-hydrogen) atoms. The maximum atomic E-state index is 5.85. The van der Waals surface area contributed by atoms with Crippen LogP contribution in [0.25, 0.3) is 0 Å². The minimum atomic E-state index is 0.784. The number of aromatic nitrogens is 1. The molecule has 2 rings (SSSR count). The number of nitrogens with one attached hydrogen (secondary N) is 1. The smallest absolute Gasteiger partial charge is 0.125 e. The maximum absolute atomic E-state index is 5.85. The first-order valence-electron chi connectivity index (χ1n) is 5.74. The molecule has 0 atom stereocenters. The Morgan fingerprint density at radius 1 is 1.11 bits per heavy atom. The van der Waals surface area contributed by atoms with Gasteiger partial charge in [-0.2, -0.15) is 11.8 Å². The third-order valence-electron chi connectivity index (χ3n) is 2.49. The largest absolute Gasteiger partial charge is 0.373 e. The highest BCUT2D eigenvalue weighted by Crippen LogP contribution is 2.19. The number of nitrogens with zero attached hydrogens (tertiary/aromatic N) is 1. The predicted molar refractivity (Wildman–Crippen MR) is 80.2 cm³/mol. The van der Waals surface area contributed by atoms with Gasteiger partial charge in [0.05, 0.1) is 5.69 Å². The minimum absolute atomic E-state index is 0.784. The van der Waals surface area contributed by atoms with Crippen molar-refractivity contribution in [3.63, 3.8) is 0 Å². The Kier molecular flexibility index (Phi) is 4.90. The molecule has 1 N–H and O–H groups in total. The van der Waals surface area contributed by atoms with Crippen molar-refractivity contribution in [2.75, 3.05) is 12.4 Å². The Bertz CT molecular complexity index is 499. The zero-order valence-electron chi connectivity index (χ0n) is 10.2. The van der Waals surface area contributed by atoms with Gasteiger partial charge in [0, 0.05) is 23.6 Å². The van der Waals surface area contributed by atoms with Crippen molar-refractivity contribution in [3.8, 4) is 0 Å². The van der Waals surface area contributed by atoms with Crippen molar-refractivity contribution in [1.82, 2.24) is 4.98 Å². The Balaban J connectivity index is 1.86. The van der Waals surface area contributed by atoms with Crippen molar-refractivity contribution in [1.29, 1.82) is 0 Å². The van der Waals surface area contributed by atoms with Gasteiger partial charge in [0.2, 0.25) is 0 Å². The molecule has 0 spiro atoms. The summed E-state index contributed by atoms with van der Waals surface area (Å²) >= 11 is 7.70. The summed E-state index contributed by atoms with van der Waals surface area (Å²) in [7, 11) is 1.88. The molecule has 2 nitrogen and oxygen atoms in total. The Morgan fingerprint density at radius 2 is 1.89 bits per heavy atom. The minimum Gasteiger partial charge on any atom is -0.373 e. The van der Waals surface area contributed by atoms with Gasteiger partial charge in [0.15, 0.2) is 0 Å². The van der Waals surface area contributed by atoms with E-state index in [0.29, 0.717) is 0 Å². The van der Waals surface area contributed by atoms with E-state index in [-0.39, 0.29) is 0 Å². The van der Waals surface area contributed by atoms with E-state index in [1.807, 2.05) is 43.1 Å². The van der Waals surface area contributed by atoms with Gasteiger partial charge < -0.3 is 5.32 Å². The van der Waals surface area contributed by atoms with Crippen molar-refractivity contribution in [3.05, 3.63) is 58.7 Å². The van der Waals surface area contributed by atoms with E-state index in [4.69, 9.17) is 11.6 Å². The molecular weight excluding hydrogens is 264 g/mol. The molecule has 4 heteroatoms. The van der Waals surface area contributed by atoms with Crippen LogP contribution in [0, 0.1) is 0 Å². The molecular formula is C14H15ClN2S. The van der Waals surface area contributed by atoms with Gasteiger partial charge in [0.25, 0.3) is 0 Å². The number of hydrogen-bond acceptors (Lipinski definition) is 3. The first-order valence-corrected chi connectivity index (χ1v) is 7.27. The van der Waals surface area contributed by atoms with Crippen LogP contribution in [0.4, 0.5) is 5.82 Å². The molecule has 0 amide bonds. The standard InChI is InChI=1S/C14H15ClN2S/c1-16-14-4-2-3-13(17-14)10-18-9-11-5-7-12(15)8-6-11/h2-8H,9-10H2,1H3,(H,16,17). The van der Waals surface area contributed by atoms with Gasteiger partial charge in [0.1, 0.15) is 5.82 Å². The lowest BCUT2D eigenvalue weighted by atomic mass is 10.2. The number of benzene rings is 1. The third kappa shape index (κ3) is 3.93. The Hall–Kier alpha value is -1.19. The fourth-order valence-electron chi connectivity index (χ4n) is 1.55. The first-order chi connectivity index (χ1) is 8.78. The molecule has 94 valence electrons. The molecule has 0 aliphatic rings. The van der Waals surface area contributed by atoms with E-state index in [9.17, 15) is 0 Å². The summed E-state index contributed by atoms with van der Waals surface area (Å²) in [6.45, 7) is 0. The average molecular weight is 279 g/mol. The SMILES string of the molecule is CNc1cccc(CSCc2ccc(Cl)cc2)n1. The van der Waals surface area contributed by atoms with Gasteiger partial charge in [-0.15, -0.1) is 0 Å². The Morgan fingerprint density at radius 3 is 2.61 bits per heavy atom. The van der Waals surface area contributed by atoms with E-state index in [2.05, 4.69) is 28.5 Å². The summed E-state index contributed by atoms with van der Waals surface area (Å²) in [5.41, 5.74) is 2.38. The molecule has 0 aliphatic carbocycles.